The standard InChI is InChI=1S/C14H17BrN4O/c1-2-7-20-14-12(16)13(18-9-19-14)17-8-10-5-3-4-6-11(10)15/h3-6,9H,2,7-8,16H2,1H3,(H,17,18,19). The van der Waals surface area contributed by atoms with Crippen LogP contribution in [0.25, 0.3) is 0 Å². The Morgan fingerprint density at radius 1 is 1.30 bits per heavy atom. The highest BCUT2D eigenvalue weighted by molar-refractivity contribution is 9.10. The minimum Gasteiger partial charge on any atom is -0.476 e. The molecule has 0 saturated carbocycles. The molecule has 2 rings (SSSR count). The molecule has 20 heavy (non-hydrogen) atoms. The van der Waals surface area contributed by atoms with Gasteiger partial charge >= 0.3 is 0 Å². The topological polar surface area (TPSA) is 73.1 Å². The van der Waals surface area contributed by atoms with E-state index < -0.39 is 0 Å². The Hall–Kier alpha value is -1.82. The van der Waals surface area contributed by atoms with Crippen LogP contribution in [0.1, 0.15) is 18.9 Å². The summed E-state index contributed by atoms with van der Waals surface area (Å²) in [6, 6.07) is 7.99. The molecule has 0 radical (unpaired) electrons. The third kappa shape index (κ3) is 3.60. The average Bonchev–Trinajstić information content (AvgIpc) is 2.46. The molecule has 6 heteroatoms. The van der Waals surface area contributed by atoms with Gasteiger partial charge in [0.2, 0.25) is 5.88 Å². The lowest BCUT2D eigenvalue weighted by atomic mass is 10.2. The summed E-state index contributed by atoms with van der Waals surface area (Å²) in [7, 11) is 0. The van der Waals surface area contributed by atoms with Gasteiger partial charge in [0.15, 0.2) is 5.82 Å². The number of anilines is 2. The molecule has 0 atom stereocenters. The second-order valence-corrected chi connectivity index (χ2v) is 5.09. The summed E-state index contributed by atoms with van der Waals surface area (Å²) in [5, 5.41) is 3.20. The van der Waals surface area contributed by atoms with E-state index in [1.807, 2.05) is 31.2 Å². The van der Waals surface area contributed by atoms with E-state index in [-0.39, 0.29) is 0 Å². The number of nitrogens with zero attached hydrogens (tertiary/aromatic N) is 2. The Balaban J connectivity index is 2.08. The van der Waals surface area contributed by atoms with Crippen molar-refractivity contribution in [2.24, 2.45) is 0 Å². The van der Waals surface area contributed by atoms with Crippen molar-refractivity contribution in [2.45, 2.75) is 19.9 Å². The summed E-state index contributed by atoms with van der Waals surface area (Å²) in [5.41, 5.74) is 7.57. The van der Waals surface area contributed by atoms with Gasteiger partial charge in [-0.3, -0.25) is 0 Å². The summed E-state index contributed by atoms with van der Waals surface area (Å²) in [6.07, 6.45) is 2.35. The van der Waals surface area contributed by atoms with Crippen molar-refractivity contribution in [3.63, 3.8) is 0 Å². The Labute approximate surface area is 126 Å². The first-order valence-corrected chi connectivity index (χ1v) is 7.22. The van der Waals surface area contributed by atoms with Gasteiger partial charge in [-0.15, -0.1) is 0 Å². The Kier molecular flexibility index (Phi) is 5.17. The molecule has 0 saturated heterocycles. The number of halogens is 1. The van der Waals surface area contributed by atoms with Gasteiger partial charge in [-0.2, -0.15) is 4.98 Å². The van der Waals surface area contributed by atoms with Crippen LogP contribution in [0, 0.1) is 0 Å². The molecular weight excluding hydrogens is 320 g/mol. The molecule has 0 amide bonds. The minimum atomic E-state index is 0.427. The normalized spacial score (nSPS) is 10.3. The summed E-state index contributed by atoms with van der Waals surface area (Å²) in [4.78, 5) is 8.19. The smallest absolute Gasteiger partial charge is 0.242 e. The predicted octanol–water partition coefficient (Wildman–Crippen LogP) is 3.22. The second kappa shape index (κ2) is 7.09. The van der Waals surface area contributed by atoms with Gasteiger partial charge in [-0.1, -0.05) is 41.1 Å². The molecule has 0 unspecified atom stereocenters. The quantitative estimate of drug-likeness (QED) is 0.847. The van der Waals surface area contributed by atoms with Crippen LogP contribution in [-0.4, -0.2) is 16.6 Å². The fourth-order valence-electron chi connectivity index (χ4n) is 1.65. The van der Waals surface area contributed by atoms with Gasteiger partial charge in [-0.25, -0.2) is 4.98 Å². The molecule has 0 aliphatic heterocycles. The van der Waals surface area contributed by atoms with E-state index in [9.17, 15) is 0 Å². The van der Waals surface area contributed by atoms with E-state index in [2.05, 4.69) is 31.2 Å². The molecule has 3 N–H and O–H groups in total. The highest BCUT2D eigenvalue weighted by Crippen LogP contribution is 2.25. The number of hydrogen-bond donors (Lipinski definition) is 2. The SMILES string of the molecule is CCCOc1ncnc(NCc2ccccc2Br)c1N. The highest BCUT2D eigenvalue weighted by Gasteiger charge is 2.09. The Morgan fingerprint density at radius 2 is 2.10 bits per heavy atom. The van der Waals surface area contributed by atoms with E-state index >= 15 is 0 Å². The molecule has 0 bridgehead atoms. The molecule has 2 aromatic rings. The van der Waals surface area contributed by atoms with Crippen molar-refractivity contribution >= 4 is 27.4 Å². The van der Waals surface area contributed by atoms with Crippen LogP contribution in [-0.2, 0) is 6.54 Å². The number of benzene rings is 1. The molecule has 0 fully saturated rings. The van der Waals surface area contributed by atoms with E-state index in [1.54, 1.807) is 0 Å². The summed E-state index contributed by atoms with van der Waals surface area (Å²) < 4.78 is 6.52. The molecule has 0 spiro atoms. The number of ether oxygens (including phenoxy) is 1. The van der Waals surface area contributed by atoms with Crippen molar-refractivity contribution in [3.8, 4) is 5.88 Å². The van der Waals surface area contributed by atoms with Crippen LogP contribution >= 0.6 is 15.9 Å². The van der Waals surface area contributed by atoms with Crippen LogP contribution < -0.4 is 15.8 Å². The lowest BCUT2D eigenvalue weighted by Crippen LogP contribution is -2.08. The first-order valence-electron chi connectivity index (χ1n) is 6.43. The lowest BCUT2D eigenvalue weighted by molar-refractivity contribution is 0.306. The van der Waals surface area contributed by atoms with E-state index in [4.69, 9.17) is 10.5 Å². The highest BCUT2D eigenvalue weighted by atomic mass is 79.9. The number of nitrogens with one attached hydrogen (secondary N) is 1. The zero-order chi connectivity index (χ0) is 14.4. The van der Waals surface area contributed by atoms with Crippen molar-refractivity contribution in [2.75, 3.05) is 17.7 Å². The minimum absolute atomic E-state index is 0.427. The fraction of sp³-hybridized carbons (Fsp3) is 0.286. The molecule has 0 aliphatic rings. The Morgan fingerprint density at radius 3 is 2.85 bits per heavy atom. The third-order valence-corrected chi connectivity index (χ3v) is 3.47. The van der Waals surface area contributed by atoms with Gasteiger partial charge in [0.25, 0.3) is 0 Å². The maximum atomic E-state index is 6.00. The number of rotatable bonds is 6. The second-order valence-electron chi connectivity index (χ2n) is 4.23. The molecule has 106 valence electrons. The van der Waals surface area contributed by atoms with Gasteiger partial charge < -0.3 is 15.8 Å². The summed E-state index contributed by atoms with van der Waals surface area (Å²) >= 11 is 3.51. The number of nitrogens with two attached hydrogens (primary N) is 1. The maximum absolute atomic E-state index is 6.00. The van der Waals surface area contributed by atoms with E-state index in [0.29, 0.717) is 30.5 Å². The first kappa shape index (κ1) is 14.6. The average molecular weight is 337 g/mol. The van der Waals surface area contributed by atoms with Crippen LogP contribution in [0.5, 0.6) is 5.88 Å². The predicted molar refractivity (Wildman–Crippen MR) is 83.7 cm³/mol. The maximum Gasteiger partial charge on any atom is 0.242 e. The number of aromatic nitrogens is 2. The van der Waals surface area contributed by atoms with Crippen LogP contribution in [0.2, 0.25) is 0 Å². The zero-order valence-corrected chi connectivity index (χ0v) is 12.9. The molecular formula is C14H17BrN4O. The number of hydrogen-bond acceptors (Lipinski definition) is 5. The molecule has 5 nitrogen and oxygen atoms in total. The number of nitrogen functional groups attached to an aromatic ring is 1. The molecule has 1 heterocycles. The van der Waals surface area contributed by atoms with Crippen molar-refractivity contribution in [1.82, 2.24) is 9.97 Å². The van der Waals surface area contributed by atoms with Gasteiger partial charge in [0, 0.05) is 11.0 Å². The van der Waals surface area contributed by atoms with Gasteiger partial charge in [0.1, 0.15) is 12.0 Å². The molecule has 0 aliphatic carbocycles. The van der Waals surface area contributed by atoms with E-state index in [0.717, 1.165) is 16.5 Å². The van der Waals surface area contributed by atoms with Crippen LogP contribution in [0.15, 0.2) is 35.1 Å². The first-order chi connectivity index (χ1) is 9.72. The fourth-order valence-corrected chi connectivity index (χ4v) is 2.08. The van der Waals surface area contributed by atoms with Crippen molar-refractivity contribution in [1.29, 1.82) is 0 Å². The summed E-state index contributed by atoms with van der Waals surface area (Å²) in [6.45, 7) is 3.24. The zero-order valence-electron chi connectivity index (χ0n) is 11.3. The largest absolute Gasteiger partial charge is 0.476 e. The monoisotopic (exact) mass is 336 g/mol. The van der Waals surface area contributed by atoms with Gasteiger partial charge in [0.05, 0.1) is 6.61 Å². The molecule has 1 aromatic carbocycles. The molecule has 1 aromatic heterocycles. The van der Waals surface area contributed by atoms with Crippen molar-refractivity contribution in [3.05, 3.63) is 40.6 Å². The van der Waals surface area contributed by atoms with Crippen LogP contribution in [0.4, 0.5) is 11.5 Å². The lowest BCUT2D eigenvalue weighted by Gasteiger charge is -2.12. The van der Waals surface area contributed by atoms with Crippen molar-refractivity contribution < 1.29 is 4.74 Å². The van der Waals surface area contributed by atoms with Gasteiger partial charge in [-0.05, 0) is 18.1 Å². The summed E-state index contributed by atoms with van der Waals surface area (Å²) in [5.74, 6) is 1.01. The Bertz CT molecular complexity index is 577. The van der Waals surface area contributed by atoms with E-state index in [1.165, 1.54) is 6.33 Å². The third-order valence-electron chi connectivity index (χ3n) is 2.69. The van der Waals surface area contributed by atoms with Crippen LogP contribution in [0.3, 0.4) is 0 Å².